The van der Waals surface area contributed by atoms with Crippen molar-refractivity contribution >= 4 is 46.9 Å². The van der Waals surface area contributed by atoms with Gasteiger partial charge in [-0.15, -0.1) is 11.1 Å². The maximum Gasteiger partial charge on any atom is 0.261 e. The number of benzene rings is 5. The van der Waals surface area contributed by atoms with Crippen LogP contribution in [0.1, 0.15) is 80.8 Å². The summed E-state index contributed by atoms with van der Waals surface area (Å²) in [6.45, 7) is 12.3. The van der Waals surface area contributed by atoms with E-state index in [1.54, 1.807) is 19.2 Å². The number of ether oxygens (including phenoxy) is 4. The van der Waals surface area contributed by atoms with Crippen molar-refractivity contribution < 1.29 is 61.2 Å². The summed E-state index contributed by atoms with van der Waals surface area (Å²) in [5.74, 6) is 1.72. The molecular formula is C51H53N3O6SY-2. The summed E-state index contributed by atoms with van der Waals surface area (Å²) in [7, 11) is 1.57. The fourth-order valence-electron chi connectivity index (χ4n) is 8.44. The van der Waals surface area contributed by atoms with Crippen LogP contribution >= 0.6 is 11.8 Å². The van der Waals surface area contributed by atoms with E-state index >= 15 is 0 Å². The molecule has 11 heteroatoms. The van der Waals surface area contributed by atoms with Crippen LogP contribution in [0.25, 0.3) is 0 Å². The van der Waals surface area contributed by atoms with Crippen molar-refractivity contribution in [1.82, 2.24) is 0 Å². The van der Waals surface area contributed by atoms with Crippen molar-refractivity contribution in [2.24, 2.45) is 4.99 Å². The molecule has 2 atom stereocenters. The molecule has 0 unspecified atom stereocenters. The number of aryl methyl sites for hydroxylation is 2. The molecule has 4 aliphatic rings. The number of carbonyl (C=O) groups excluding carboxylic acids is 2. The monoisotopic (exact) mass is 924 g/mol. The molecule has 4 heterocycles. The van der Waals surface area contributed by atoms with Gasteiger partial charge in [0.25, 0.3) is 11.8 Å². The van der Waals surface area contributed by atoms with Gasteiger partial charge in [-0.2, -0.15) is 42.4 Å². The molecule has 5 aromatic carbocycles. The number of hydrogen-bond acceptors (Lipinski definition) is 8. The van der Waals surface area contributed by atoms with E-state index in [4.69, 9.17) is 23.9 Å². The zero-order valence-corrected chi connectivity index (χ0v) is 39.9. The van der Waals surface area contributed by atoms with Crippen molar-refractivity contribution in [3.8, 4) is 17.2 Å². The van der Waals surface area contributed by atoms with Crippen LogP contribution in [0, 0.1) is 19.9 Å². The van der Waals surface area contributed by atoms with Gasteiger partial charge >= 0.3 is 0 Å². The molecule has 2 amide bonds. The zero-order valence-electron chi connectivity index (χ0n) is 36.2. The molecule has 4 aliphatic heterocycles. The first kappa shape index (κ1) is 45.5. The Kier molecular flexibility index (Phi) is 14.6. The van der Waals surface area contributed by atoms with Gasteiger partial charge < -0.3 is 30.8 Å². The first-order valence-corrected chi connectivity index (χ1v) is 22.2. The molecule has 0 fully saturated rings. The van der Waals surface area contributed by atoms with E-state index in [0.717, 1.165) is 95.8 Å². The molecule has 9 rings (SSSR count). The second kappa shape index (κ2) is 19.9. The molecule has 0 aromatic heterocycles. The van der Waals surface area contributed by atoms with Gasteiger partial charge in [0, 0.05) is 85.7 Å². The van der Waals surface area contributed by atoms with E-state index in [1.807, 2.05) is 95.4 Å². The standard InChI is InChI=1S/C43H36N3O5.C8H17OS.Y/c1-26-16-34-29(14-15-32-18-30-10-3-5-12-37(30)45(32)42(34)47)20-39(26)50-24-27-8-7-9-28(17-27)25-51-41-22-36-35(21-40(41)49-2)43(48)46-33(23-44-36)19-31-11-4-6-13-38(31)46;1-5-6-9-7-8(2,3)10-4;/h3-6,8-13,16-17,20-23,32-33H,14-15,18-19,24-25H2,1-2H3;1,5-7H2,2-4H3;/q2*-1;/t32-,33+;;/m1../s1. The number of rotatable bonds is 12. The number of carbonyl (C=O) groups is 2. The first-order chi connectivity index (χ1) is 29.6. The van der Waals surface area contributed by atoms with Gasteiger partial charge in [0.1, 0.15) is 5.75 Å². The summed E-state index contributed by atoms with van der Waals surface area (Å²) in [5.41, 5.74) is 9.96. The third-order valence-electron chi connectivity index (χ3n) is 11.8. The maximum atomic E-state index is 13.8. The number of aliphatic imine (C=N–C) groups is 1. The summed E-state index contributed by atoms with van der Waals surface area (Å²) < 4.78 is 23.9. The van der Waals surface area contributed by atoms with Crippen LogP contribution in [0.3, 0.4) is 0 Å². The number of hydrogen-bond donors (Lipinski definition) is 0. The van der Waals surface area contributed by atoms with Crippen LogP contribution in [0.15, 0.2) is 96.0 Å². The van der Waals surface area contributed by atoms with Gasteiger partial charge in [0.05, 0.1) is 44.2 Å². The first-order valence-electron chi connectivity index (χ1n) is 21.0. The quantitative estimate of drug-likeness (QED) is 0.0910. The zero-order chi connectivity index (χ0) is 42.7. The number of thioether (sulfide) groups is 1. The summed E-state index contributed by atoms with van der Waals surface area (Å²) in [6, 6.07) is 32.9. The van der Waals surface area contributed by atoms with Crippen LogP contribution in [0.2, 0.25) is 0 Å². The molecular weight excluding hydrogens is 872 g/mol. The Labute approximate surface area is 395 Å². The Hall–Kier alpha value is -4.48. The predicted molar refractivity (Wildman–Crippen MR) is 244 cm³/mol. The molecule has 0 N–H and O–H groups in total. The molecule has 0 aliphatic carbocycles. The predicted octanol–water partition coefficient (Wildman–Crippen LogP) is 10.1. The third-order valence-corrected chi connectivity index (χ3v) is 13.0. The van der Waals surface area contributed by atoms with Crippen LogP contribution in [0.5, 0.6) is 17.2 Å². The second-order valence-corrected chi connectivity index (χ2v) is 18.1. The summed E-state index contributed by atoms with van der Waals surface area (Å²) in [5, 5.41) is 0. The molecule has 0 bridgehead atoms. The van der Waals surface area contributed by atoms with E-state index in [9.17, 15) is 9.59 Å². The molecule has 5 aromatic rings. The van der Waals surface area contributed by atoms with Crippen molar-refractivity contribution in [1.29, 1.82) is 0 Å². The molecule has 0 saturated heterocycles. The Balaban J connectivity index is 0.000000471. The Morgan fingerprint density at radius 1 is 0.823 bits per heavy atom. The van der Waals surface area contributed by atoms with E-state index in [1.165, 1.54) is 5.56 Å². The average molecular weight is 925 g/mol. The average Bonchev–Trinajstić information content (AvgIpc) is 3.77. The van der Waals surface area contributed by atoms with Crippen LogP contribution in [-0.2, 0) is 69.9 Å². The van der Waals surface area contributed by atoms with Crippen molar-refractivity contribution in [3.63, 3.8) is 0 Å². The van der Waals surface area contributed by atoms with Crippen LogP contribution in [-0.4, -0.2) is 61.4 Å². The third kappa shape index (κ3) is 9.69. The topological polar surface area (TPSA) is 89.9 Å². The van der Waals surface area contributed by atoms with Gasteiger partial charge in [-0.05, 0) is 98.9 Å². The number of amides is 2. The number of para-hydroxylation sites is 2. The van der Waals surface area contributed by atoms with Gasteiger partial charge in [-0.25, -0.2) is 0 Å². The van der Waals surface area contributed by atoms with Crippen LogP contribution < -0.4 is 24.0 Å². The maximum absolute atomic E-state index is 13.8. The van der Waals surface area contributed by atoms with E-state index in [0.29, 0.717) is 29.4 Å². The summed E-state index contributed by atoms with van der Waals surface area (Å²) in [6.07, 6.45) is 8.19. The van der Waals surface area contributed by atoms with Gasteiger partial charge in [-0.3, -0.25) is 19.5 Å². The smallest absolute Gasteiger partial charge is 0.261 e. The minimum Gasteiger partial charge on any atom is -0.501 e. The van der Waals surface area contributed by atoms with E-state index < -0.39 is 0 Å². The molecule has 319 valence electrons. The SMILES string of the molecule is COc1cc2c(cc1OCc1c[c-]cc(COc3cc4c(cc3C)C(=O)N3c5ccccc5C[C@H]3CC4)c1)N=C[C@@H]1Cc3ccccc3N1C2=O.[CH2-]CCOCC(C)(C)SC.[Y]. The Morgan fingerprint density at radius 3 is 2.18 bits per heavy atom. The van der Waals surface area contributed by atoms with Gasteiger partial charge in [0.2, 0.25) is 0 Å². The minimum absolute atomic E-state index is 0. The second-order valence-electron chi connectivity index (χ2n) is 16.5. The number of nitrogens with zero attached hydrogens (tertiary/aromatic N) is 3. The van der Waals surface area contributed by atoms with Crippen LogP contribution in [0.4, 0.5) is 17.1 Å². The fraction of sp³-hybridized carbons (Fsp3) is 0.333. The molecule has 0 spiro atoms. The number of methoxy groups -OCH3 is 1. The fourth-order valence-corrected chi connectivity index (χ4v) is 8.65. The van der Waals surface area contributed by atoms with E-state index in [2.05, 4.69) is 51.3 Å². The molecule has 1 radical (unpaired) electrons. The van der Waals surface area contributed by atoms with E-state index in [-0.39, 0.29) is 68.0 Å². The molecule has 62 heavy (non-hydrogen) atoms. The minimum atomic E-state index is -0.133. The Bertz CT molecular complexity index is 2470. The molecule has 0 saturated carbocycles. The normalized spacial score (nSPS) is 16.9. The molecule has 9 nitrogen and oxygen atoms in total. The number of anilines is 2. The van der Waals surface area contributed by atoms with Crippen molar-refractivity contribution in [2.75, 3.05) is 36.4 Å². The van der Waals surface area contributed by atoms with Crippen molar-refractivity contribution in [2.45, 2.75) is 82.9 Å². The number of fused-ring (bicyclic) bond motifs is 8. The van der Waals surface area contributed by atoms with Gasteiger partial charge in [-0.1, -0.05) is 36.4 Å². The Morgan fingerprint density at radius 2 is 1.48 bits per heavy atom. The summed E-state index contributed by atoms with van der Waals surface area (Å²) in [4.78, 5) is 36.1. The van der Waals surface area contributed by atoms with Crippen molar-refractivity contribution in [3.05, 3.63) is 148 Å². The van der Waals surface area contributed by atoms with Gasteiger partial charge in [0.15, 0.2) is 11.5 Å². The summed E-state index contributed by atoms with van der Waals surface area (Å²) >= 11 is 1.83. The largest absolute Gasteiger partial charge is 0.501 e.